The zero-order chi connectivity index (χ0) is 54.4. The topological polar surface area (TPSA) is 489 Å². The van der Waals surface area contributed by atoms with E-state index in [2.05, 4.69) is 95.4 Å². The molecule has 0 aromatic rings. The van der Waals surface area contributed by atoms with Gasteiger partial charge in [0.1, 0.15) is 42.3 Å². The SMILES string of the molecule is CC(C)CC(NC(=O)C(CS)NC(=O)C(N)CCCN=C(N)N)C(=O)NC(CS)C(=O)NC(CCCN=C(N)N)C(=O)NC(CCCN=C(N)N)C(=O)NCC(=O)NC(C(=O)NC(CS)C(=O)O)C(C)C. The van der Waals surface area contributed by atoms with Crippen LogP contribution in [0.3, 0.4) is 0 Å². The molecule has 0 rings (SSSR count). The Morgan fingerprint density at radius 2 is 0.845 bits per heavy atom. The fraction of sp³-hybridized carbons (Fsp3) is 0.700. The van der Waals surface area contributed by atoms with Crippen molar-refractivity contribution < 1.29 is 48.3 Å². The molecule has 0 aliphatic carbocycles. The van der Waals surface area contributed by atoms with E-state index in [1.54, 1.807) is 27.7 Å². The molecule has 0 bridgehead atoms. The molecule has 71 heavy (non-hydrogen) atoms. The number of thiol groups is 3. The number of guanidine groups is 3. The Morgan fingerprint density at radius 1 is 0.479 bits per heavy atom. The van der Waals surface area contributed by atoms with Crippen LogP contribution >= 0.6 is 37.9 Å². The first kappa shape index (κ1) is 65.0. The zero-order valence-electron chi connectivity index (χ0n) is 40.5. The molecule has 0 aromatic heterocycles. The highest BCUT2D eigenvalue weighted by molar-refractivity contribution is 7.80. The predicted octanol–water partition coefficient (Wildman–Crippen LogP) is -6.44. The predicted molar refractivity (Wildman–Crippen MR) is 278 cm³/mol. The summed E-state index contributed by atoms with van der Waals surface area (Å²) in [7, 11) is 0. The third-order valence-corrected chi connectivity index (χ3v) is 11.0. The number of carbonyl (C=O) groups is 9. The molecule has 0 saturated carbocycles. The molecular weight excluding hydrogens is 989 g/mol. The van der Waals surface area contributed by atoms with E-state index in [0.717, 1.165) is 0 Å². The third kappa shape index (κ3) is 27.9. The van der Waals surface area contributed by atoms with Gasteiger partial charge in [-0.2, -0.15) is 37.9 Å². The van der Waals surface area contributed by atoms with Crippen molar-refractivity contribution >= 4 is 109 Å². The van der Waals surface area contributed by atoms with Crippen molar-refractivity contribution in [1.82, 2.24) is 42.5 Å². The second kappa shape index (κ2) is 35.2. The van der Waals surface area contributed by atoms with Gasteiger partial charge in [0.05, 0.1) is 12.6 Å². The number of aliphatic imine (C=N–C) groups is 3. The molecule has 31 heteroatoms. The van der Waals surface area contributed by atoms with Gasteiger partial charge < -0.3 is 87.8 Å². The summed E-state index contributed by atoms with van der Waals surface area (Å²) in [5.41, 5.74) is 38.5. The van der Waals surface area contributed by atoms with E-state index in [-0.39, 0.29) is 99.2 Å². The molecule has 404 valence electrons. The zero-order valence-corrected chi connectivity index (χ0v) is 43.2. The number of nitrogens with one attached hydrogen (secondary N) is 8. The molecule has 0 radical (unpaired) electrons. The Kier molecular flexibility index (Phi) is 32.2. The number of carboxylic acid groups (broad SMARTS) is 1. The monoisotopic (exact) mass is 1060 g/mol. The van der Waals surface area contributed by atoms with Crippen LogP contribution in [0.4, 0.5) is 0 Å². The van der Waals surface area contributed by atoms with Gasteiger partial charge in [0.25, 0.3) is 0 Å². The lowest BCUT2D eigenvalue weighted by Crippen LogP contribution is -2.60. The molecule has 0 spiro atoms. The lowest BCUT2D eigenvalue weighted by Gasteiger charge is -2.27. The van der Waals surface area contributed by atoms with E-state index in [9.17, 15) is 48.3 Å². The van der Waals surface area contributed by atoms with Crippen molar-refractivity contribution in [2.24, 2.45) is 66.9 Å². The summed E-state index contributed by atoms with van der Waals surface area (Å²) >= 11 is 12.4. The average molecular weight is 1070 g/mol. The largest absolute Gasteiger partial charge is 0.480 e. The Labute approximate surface area is 429 Å². The van der Waals surface area contributed by atoms with Gasteiger partial charge >= 0.3 is 5.97 Å². The summed E-state index contributed by atoms with van der Waals surface area (Å²) in [5.74, 6) is -9.66. The lowest BCUT2D eigenvalue weighted by atomic mass is 10.0. The Hall–Kier alpha value is -5.95. The van der Waals surface area contributed by atoms with Crippen LogP contribution in [0.5, 0.6) is 0 Å². The Morgan fingerprint density at radius 3 is 1.25 bits per heavy atom. The smallest absolute Gasteiger partial charge is 0.327 e. The standard InChI is InChI=1S/C40H76N18O10S3/c1-19(2)14-24(54-35(65)25(16-69)55-30(60)21(41)8-5-11-48-38(42)43)33(63)56-26(17-70)34(64)53-23(10-7-13-50-40(46)47)32(62)52-22(9-6-12-49-39(44)45)31(61)51-15-28(59)58-29(20(3)4)36(66)57-27(18-71)37(67)68/h19-27,29,69-71H,5-18,41H2,1-4H3,(H,51,61)(H,52,62)(H,53,64)(H,54,65)(H,55,60)(H,56,63)(H,57,66)(H,58,59)(H,67,68)(H4,42,43,48)(H4,44,45,49)(H4,46,47,50). The summed E-state index contributed by atoms with van der Waals surface area (Å²) in [4.78, 5) is 130. The maximum atomic E-state index is 14.0. The molecule has 0 aliphatic rings. The number of carboxylic acids is 1. The van der Waals surface area contributed by atoms with E-state index < -0.39 is 114 Å². The van der Waals surface area contributed by atoms with Crippen LogP contribution in [0, 0.1) is 11.8 Å². The van der Waals surface area contributed by atoms with Crippen molar-refractivity contribution in [2.75, 3.05) is 43.4 Å². The van der Waals surface area contributed by atoms with Gasteiger partial charge in [-0.25, -0.2) is 4.79 Å². The van der Waals surface area contributed by atoms with Gasteiger partial charge in [-0.3, -0.25) is 53.3 Å². The van der Waals surface area contributed by atoms with Crippen molar-refractivity contribution in [1.29, 1.82) is 0 Å². The van der Waals surface area contributed by atoms with E-state index in [0.29, 0.717) is 6.42 Å². The van der Waals surface area contributed by atoms with E-state index >= 15 is 0 Å². The average Bonchev–Trinajstić information content (AvgIpc) is 3.29. The van der Waals surface area contributed by atoms with Gasteiger partial charge in [-0.1, -0.05) is 27.7 Å². The van der Waals surface area contributed by atoms with Crippen LogP contribution in [-0.4, -0.2) is 168 Å². The van der Waals surface area contributed by atoms with E-state index in [1.807, 2.05) is 0 Å². The van der Waals surface area contributed by atoms with Gasteiger partial charge in [0.2, 0.25) is 47.3 Å². The van der Waals surface area contributed by atoms with Crippen LogP contribution in [0.25, 0.3) is 0 Å². The van der Waals surface area contributed by atoms with Crippen molar-refractivity contribution in [3.63, 3.8) is 0 Å². The number of amides is 8. The fourth-order valence-corrected chi connectivity index (χ4v) is 6.91. The first-order chi connectivity index (χ1) is 33.3. The number of nitrogens with zero attached hydrogens (tertiary/aromatic N) is 3. The minimum atomic E-state index is -1.38. The second-order valence-electron chi connectivity index (χ2n) is 16.8. The normalized spacial score (nSPS) is 14.3. The molecule has 23 N–H and O–H groups in total. The molecule has 0 saturated heterocycles. The summed E-state index contributed by atoms with van der Waals surface area (Å²) in [6.07, 6.45) is 0.787. The van der Waals surface area contributed by atoms with Crippen LogP contribution in [0.15, 0.2) is 15.0 Å². The van der Waals surface area contributed by atoms with E-state index in [4.69, 9.17) is 40.1 Å². The van der Waals surface area contributed by atoms with Gasteiger partial charge in [-0.05, 0) is 56.8 Å². The number of hydrogen-bond acceptors (Lipinski definition) is 16. The van der Waals surface area contributed by atoms with Crippen molar-refractivity contribution in [3.8, 4) is 0 Å². The number of rotatable bonds is 35. The highest BCUT2D eigenvalue weighted by atomic mass is 32.1. The molecule has 8 atom stereocenters. The molecular formula is C40H76N18O10S3. The fourth-order valence-electron chi connectivity index (χ4n) is 6.15. The van der Waals surface area contributed by atoms with E-state index in [1.165, 1.54) is 0 Å². The maximum Gasteiger partial charge on any atom is 0.327 e. The molecule has 0 fully saturated rings. The summed E-state index contributed by atoms with van der Waals surface area (Å²) < 4.78 is 0. The highest BCUT2D eigenvalue weighted by Crippen LogP contribution is 2.09. The van der Waals surface area contributed by atoms with Crippen LogP contribution in [-0.2, 0) is 43.2 Å². The summed E-state index contributed by atoms with van der Waals surface area (Å²) in [5, 5.41) is 29.3. The first-order valence-corrected chi connectivity index (χ1v) is 24.5. The summed E-state index contributed by atoms with van der Waals surface area (Å²) in [6, 6.07) is -10.1. The molecule has 8 unspecified atom stereocenters. The summed E-state index contributed by atoms with van der Waals surface area (Å²) in [6.45, 7) is 6.42. The lowest BCUT2D eigenvalue weighted by molar-refractivity contribution is -0.141. The molecule has 0 aromatic carbocycles. The molecule has 28 nitrogen and oxygen atoms in total. The highest BCUT2D eigenvalue weighted by Gasteiger charge is 2.33. The van der Waals surface area contributed by atoms with Crippen LogP contribution in [0.2, 0.25) is 0 Å². The van der Waals surface area contributed by atoms with Crippen LogP contribution in [0.1, 0.15) is 72.6 Å². The Bertz CT molecular complexity index is 1870. The molecule has 0 heterocycles. The number of carbonyl (C=O) groups excluding carboxylic acids is 8. The molecule has 0 aliphatic heterocycles. The van der Waals surface area contributed by atoms with Crippen molar-refractivity contribution in [2.45, 2.75) is 121 Å². The van der Waals surface area contributed by atoms with Gasteiger partial charge in [0.15, 0.2) is 17.9 Å². The minimum absolute atomic E-state index is 0.0307. The van der Waals surface area contributed by atoms with Crippen LogP contribution < -0.4 is 82.7 Å². The minimum Gasteiger partial charge on any atom is -0.480 e. The van der Waals surface area contributed by atoms with Gasteiger partial charge in [0, 0.05) is 36.9 Å². The number of nitrogens with two attached hydrogens (primary N) is 7. The van der Waals surface area contributed by atoms with Crippen molar-refractivity contribution in [3.05, 3.63) is 0 Å². The second-order valence-corrected chi connectivity index (χ2v) is 17.9. The number of hydrogen-bond donors (Lipinski definition) is 19. The first-order valence-electron chi connectivity index (χ1n) is 22.6. The maximum absolute atomic E-state index is 14.0. The quantitative estimate of drug-likeness (QED) is 0.0121. The Balaban J connectivity index is 6.34. The molecule has 8 amide bonds. The number of aliphatic carboxylic acids is 1. The third-order valence-electron chi connectivity index (χ3n) is 9.92. The van der Waals surface area contributed by atoms with Gasteiger partial charge in [-0.15, -0.1) is 0 Å².